The molecule has 1 aliphatic rings. The van der Waals surface area contributed by atoms with Crippen molar-refractivity contribution in [2.75, 3.05) is 6.54 Å². The molecule has 1 rings (SSSR count). The molecule has 3 nitrogen and oxygen atoms in total. The minimum absolute atomic E-state index is 0.132. The summed E-state index contributed by atoms with van der Waals surface area (Å²) < 4.78 is 0. The van der Waals surface area contributed by atoms with Gasteiger partial charge in [0, 0.05) is 6.04 Å². The van der Waals surface area contributed by atoms with Gasteiger partial charge in [-0.3, -0.25) is 10.3 Å². The van der Waals surface area contributed by atoms with E-state index in [4.69, 9.17) is 11.1 Å². The van der Waals surface area contributed by atoms with Crippen molar-refractivity contribution in [2.24, 2.45) is 5.73 Å². The van der Waals surface area contributed by atoms with Crippen molar-refractivity contribution in [1.29, 1.82) is 5.41 Å². The van der Waals surface area contributed by atoms with E-state index in [0.29, 0.717) is 11.9 Å². The molecule has 0 spiro atoms. The summed E-state index contributed by atoms with van der Waals surface area (Å²) in [6.45, 7) is 5.13. The molecule has 0 aromatic rings. The molecule has 0 radical (unpaired) electrons. The Balaban J connectivity index is 2.45. The van der Waals surface area contributed by atoms with E-state index < -0.39 is 0 Å². The van der Waals surface area contributed by atoms with Gasteiger partial charge >= 0.3 is 0 Å². The van der Waals surface area contributed by atoms with Gasteiger partial charge in [0.1, 0.15) is 5.84 Å². The summed E-state index contributed by atoms with van der Waals surface area (Å²) in [5, 5.41) is 7.29. The maximum Gasteiger partial charge on any atom is 0.108 e. The lowest BCUT2D eigenvalue weighted by atomic mass is 10.2. The number of nitrogens with zero attached hydrogens (tertiary/aromatic N) is 1. The summed E-state index contributed by atoms with van der Waals surface area (Å²) in [4.78, 5) is 2.29. The topological polar surface area (TPSA) is 53.1 Å². The average molecular weight is 155 g/mol. The zero-order valence-electron chi connectivity index (χ0n) is 7.30. The monoisotopic (exact) mass is 155 g/mol. The van der Waals surface area contributed by atoms with E-state index in [0.717, 1.165) is 6.54 Å². The van der Waals surface area contributed by atoms with Crippen molar-refractivity contribution in [3.63, 3.8) is 0 Å². The van der Waals surface area contributed by atoms with Crippen LogP contribution in [0.2, 0.25) is 0 Å². The first-order valence-electron chi connectivity index (χ1n) is 4.26. The summed E-state index contributed by atoms with van der Waals surface area (Å²) in [5.41, 5.74) is 5.42. The van der Waals surface area contributed by atoms with Gasteiger partial charge in [-0.2, -0.15) is 0 Å². The average Bonchev–Trinajstić information content (AvgIpc) is 2.72. The summed E-state index contributed by atoms with van der Waals surface area (Å²) >= 11 is 0. The van der Waals surface area contributed by atoms with E-state index in [-0.39, 0.29) is 6.04 Å². The highest BCUT2D eigenvalue weighted by Gasteiger charge is 2.31. The van der Waals surface area contributed by atoms with E-state index in [1.54, 1.807) is 0 Å². The molecule has 0 heterocycles. The van der Waals surface area contributed by atoms with Crippen LogP contribution in [0.5, 0.6) is 0 Å². The van der Waals surface area contributed by atoms with Crippen LogP contribution in [0.3, 0.4) is 0 Å². The van der Waals surface area contributed by atoms with E-state index in [9.17, 15) is 0 Å². The zero-order valence-corrected chi connectivity index (χ0v) is 7.30. The van der Waals surface area contributed by atoms with E-state index in [1.807, 2.05) is 6.92 Å². The number of hydrogen-bond acceptors (Lipinski definition) is 2. The normalized spacial score (nSPS) is 20.3. The predicted molar refractivity (Wildman–Crippen MR) is 46.8 cm³/mol. The SMILES string of the molecule is CCN(C1CC1)C(C)C(=N)N. The summed E-state index contributed by atoms with van der Waals surface area (Å²) in [5.74, 6) is 0.291. The number of nitrogens with two attached hydrogens (primary N) is 1. The lowest BCUT2D eigenvalue weighted by molar-refractivity contribution is 0.254. The molecule has 3 N–H and O–H groups in total. The molecule has 0 aromatic heterocycles. The third-order valence-corrected chi connectivity index (χ3v) is 2.33. The quantitative estimate of drug-likeness (QED) is 0.466. The van der Waals surface area contributed by atoms with Crippen molar-refractivity contribution >= 4 is 5.84 Å². The lowest BCUT2D eigenvalue weighted by Gasteiger charge is -2.26. The Labute approximate surface area is 68.1 Å². The molecule has 1 atom stereocenters. The molecule has 64 valence electrons. The van der Waals surface area contributed by atoms with Crippen molar-refractivity contribution in [1.82, 2.24) is 4.90 Å². The Morgan fingerprint density at radius 3 is 2.55 bits per heavy atom. The highest BCUT2D eigenvalue weighted by atomic mass is 15.2. The Hall–Kier alpha value is -0.570. The number of hydrogen-bond donors (Lipinski definition) is 2. The van der Waals surface area contributed by atoms with Gasteiger partial charge in [0.25, 0.3) is 0 Å². The summed E-state index contributed by atoms with van der Waals surface area (Å²) in [6, 6.07) is 0.839. The van der Waals surface area contributed by atoms with Crippen LogP contribution in [0, 0.1) is 5.41 Å². The van der Waals surface area contributed by atoms with Crippen molar-refractivity contribution in [3.8, 4) is 0 Å². The molecular weight excluding hydrogens is 138 g/mol. The smallest absolute Gasteiger partial charge is 0.108 e. The molecule has 0 aliphatic heterocycles. The van der Waals surface area contributed by atoms with E-state index in [1.165, 1.54) is 12.8 Å². The largest absolute Gasteiger partial charge is 0.386 e. The van der Waals surface area contributed by atoms with Crippen LogP contribution in [0.25, 0.3) is 0 Å². The van der Waals surface area contributed by atoms with Crippen molar-refractivity contribution in [3.05, 3.63) is 0 Å². The van der Waals surface area contributed by atoms with Crippen LogP contribution >= 0.6 is 0 Å². The fourth-order valence-corrected chi connectivity index (χ4v) is 1.43. The number of likely N-dealkylation sites (N-methyl/N-ethyl adjacent to an activating group) is 1. The zero-order chi connectivity index (χ0) is 8.43. The van der Waals surface area contributed by atoms with Gasteiger partial charge < -0.3 is 5.73 Å². The number of nitrogens with one attached hydrogen (secondary N) is 1. The van der Waals surface area contributed by atoms with Crippen LogP contribution in [0.15, 0.2) is 0 Å². The second-order valence-electron chi connectivity index (χ2n) is 3.19. The fraction of sp³-hybridized carbons (Fsp3) is 0.875. The molecule has 1 fully saturated rings. The van der Waals surface area contributed by atoms with Gasteiger partial charge in [-0.25, -0.2) is 0 Å². The molecule has 0 saturated heterocycles. The molecule has 0 bridgehead atoms. The minimum atomic E-state index is 0.132. The van der Waals surface area contributed by atoms with Crippen molar-refractivity contribution in [2.45, 2.75) is 38.8 Å². The van der Waals surface area contributed by atoms with Gasteiger partial charge in [-0.1, -0.05) is 6.92 Å². The summed E-state index contributed by atoms with van der Waals surface area (Å²) in [7, 11) is 0. The molecule has 1 aliphatic carbocycles. The molecular formula is C8H17N3. The fourth-order valence-electron chi connectivity index (χ4n) is 1.43. The number of rotatable bonds is 4. The molecule has 1 unspecified atom stereocenters. The first-order chi connectivity index (χ1) is 5.16. The van der Waals surface area contributed by atoms with Gasteiger partial charge in [0.05, 0.1) is 6.04 Å². The maximum absolute atomic E-state index is 7.29. The molecule has 3 heteroatoms. The van der Waals surface area contributed by atoms with Crippen LogP contribution in [-0.4, -0.2) is 29.4 Å². The van der Waals surface area contributed by atoms with Gasteiger partial charge in [-0.05, 0) is 26.3 Å². The van der Waals surface area contributed by atoms with Crippen LogP contribution in [0.1, 0.15) is 26.7 Å². The third kappa shape index (κ3) is 1.93. The van der Waals surface area contributed by atoms with Gasteiger partial charge in [0.15, 0.2) is 0 Å². The molecule has 1 saturated carbocycles. The second-order valence-corrected chi connectivity index (χ2v) is 3.19. The third-order valence-electron chi connectivity index (χ3n) is 2.33. The van der Waals surface area contributed by atoms with Crippen LogP contribution in [-0.2, 0) is 0 Å². The maximum atomic E-state index is 7.29. The van der Waals surface area contributed by atoms with E-state index >= 15 is 0 Å². The standard InChI is InChI=1S/C8H17N3/c1-3-11(7-4-5-7)6(2)8(9)10/h6-7H,3-5H2,1-2H3,(H3,9,10). The molecule has 11 heavy (non-hydrogen) atoms. The minimum Gasteiger partial charge on any atom is -0.386 e. The Kier molecular flexibility index (Phi) is 2.49. The summed E-state index contributed by atoms with van der Waals surface area (Å²) in [6.07, 6.45) is 2.57. The predicted octanol–water partition coefficient (Wildman–Crippen LogP) is 0.795. The number of amidine groups is 1. The van der Waals surface area contributed by atoms with Crippen molar-refractivity contribution < 1.29 is 0 Å². The first kappa shape index (κ1) is 8.53. The van der Waals surface area contributed by atoms with Gasteiger partial charge in [0.2, 0.25) is 0 Å². The lowest BCUT2D eigenvalue weighted by Crippen LogP contribution is -2.43. The van der Waals surface area contributed by atoms with E-state index in [2.05, 4.69) is 11.8 Å². The second kappa shape index (κ2) is 3.22. The Morgan fingerprint density at radius 1 is 1.73 bits per heavy atom. The Morgan fingerprint density at radius 2 is 2.27 bits per heavy atom. The first-order valence-corrected chi connectivity index (χ1v) is 4.26. The van der Waals surface area contributed by atoms with Gasteiger partial charge in [-0.15, -0.1) is 0 Å². The Bertz CT molecular complexity index is 151. The van der Waals surface area contributed by atoms with Crippen LogP contribution < -0.4 is 5.73 Å². The molecule has 0 aromatic carbocycles. The highest BCUT2D eigenvalue weighted by molar-refractivity contribution is 5.82. The molecule has 0 amide bonds. The highest BCUT2D eigenvalue weighted by Crippen LogP contribution is 2.27. The van der Waals surface area contributed by atoms with Crippen LogP contribution in [0.4, 0.5) is 0 Å².